The van der Waals surface area contributed by atoms with E-state index in [9.17, 15) is 22.4 Å². The largest absolute Gasteiger partial charge is 0.436 e. The van der Waals surface area contributed by atoms with Crippen molar-refractivity contribution in [3.8, 4) is 16.9 Å². The van der Waals surface area contributed by atoms with E-state index in [-0.39, 0.29) is 26.8 Å². The van der Waals surface area contributed by atoms with E-state index in [1.165, 1.54) is 24.3 Å². The molecule has 0 atom stereocenters. The van der Waals surface area contributed by atoms with Gasteiger partial charge >= 0.3 is 11.9 Å². The Kier molecular flexibility index (Phi) is 3.84. The molecule has 2 aromatic heterocycles. The van der Waals surface area contributed by atoms with Crippen LogP contribution in [0.25, 0.3) is 16.9 Å². The van der Waals surface area contributed by atoms with Gasteiger partial charge in [0, 0.05) is 16.8 Å². The normalized spacial score (nSPS) is 11.7. The summed E-state index contributed by atoms with van der Waals surface area (Å²) in [7, 11) is 0. The average Bonchev–Trinajstić information content (AvgIpc) is 3.00. The predicted octanol–water partition coefficient (Wildman–Crippen LogP) is 2.90. The maximum absolute atomic E-state index is 14.0. The Morgan fingerprint density at radius 1 is 1.17 bits per heavy atom. The molecular weight excluding hydrogens is 354 g/mol. The highest BCUT2D eigenvalue weighted by molar-refractivity contribution is 6.31. The molecule has 0 aliphatic rings. The molecule has 0 N–H and O–H groups in total. The topological polar surface area (TPSA) is 65.6 Å². The number of hydrogen-bond acceptors (Lipinski definition) is 4. The summed E-state index contributed by atoms with van der Waals surface area (Å²) in [5, 5.41) is 6.63. The Morgan fingerprint density at radius 2 is 1.92 bits per heavy atom. The number of hydrogen-bond donors (Lipinski definition) is 0. The van der Waals surface area contributed by atoms with E-state index in [1.54, 1.807) is 0 Å². The molecule has 3 aromatic rings. The van der Waals surface area contributed by atoms with Crippen molar-refractivity contribution < 1.29 is 17.7 Å². The minimum atomic E-state index is -4.68. The van der Waals surface area contributed by atoms with Gasteiger partial charge in [-0.3, -0.25) is 0 Å². The van der Waals surface area contributed by atoms with Crippen molar-refractivity contribution in [3.05, 3.63) is 57.9 Å². The molecule has 0 saturated heterocycles. The maximum atomic E-state index is 14.0. The molecule has 0 spiro atoms. The molecule has 0 amide bonds. The zero-order valence-corrected chi connectivity index (χ0v) is 12.3. The van der Waals surface area contributed by atoms with Gasteiger partial charge in [0.25, 0.3) is 0 Å². The summed E-state index contributed by atoms with van der Waals surface area (Å²) in [6, 6.07) is 5.18. The zero-order valence-electron chi connectivity index (χ0n) is 11.5. The van der Waals surface area contributed by atoms with E-state index < -0.39 is 17.6 Å². The lowest BCUT2D eigenvalue weighted by molar-refractivity contribution is -0.141. The van der Waals surface area contributed by atoms with Crippen LogP contribution in [0, 0.1) is 0 Å². The summed E-state index contributed by atoms with van der Waals surface area (Å²) in [4.78, 5) is 14.3. The highest BCUT2D eigenvalue weighted by atomic mass is 35.5. The Hall–Kier alpha value is -2.75. The van der Waals surface area contributed by atoms with Crippen LogP contribution in [-0.4, -0.2) is 24.8 Å². The number of benzene rings is 1. The third kappa shape index (κ3) is 2.87. The first-order valence-electron chi connectivity index (χ1n) is 6.31. The van der Waals surface area contributed by atoms with Gasteiger partial charge in [0.1, 0.15) is 0 Å². The smallest absolute Gasteiger partial charge is 0.243 e. The second-order valence-corrected chi connectivity index (χ2v) is 5.04. The molecule has 0 fully saturated rings. The molecule has 0 unspecified atom stereocenters. The third-order valence-corrected chi connectivity index (χ3v) is 3.30. The fourth-order valence-corrected chi connectivity index (χ4v) is 2.18. The van der Waals surface area contributed by atoms with Gasteiger partial charge in [-0.2, -0.15) is 18.2 Å². The van der Waals surface area contributed by atoms with E-state index in [1.807, 2.05) is 0 Å². The molecule has 0 bridgehead atoms. The van der Waals surface area contributed by atoms with Gasteiger partial charge in [-0.1, -0.05) is 21.3 Å². The quantitative estimate of drug-likeness (QED) is 0.660. The van der Waals surface area contributed by atoms with Crippen LogP contribution in [0.2, 0.25) is 5.02 Å². The van der Waals surface area contributed by atoms with Crippen LogP contribution in [0.3, 0.4) is 0 Å². The fourth-order valence-electron chi connectivity index (χ4n) is 2.01. The molecule has 1 aromatic carbocycles. The molecular formula is C13H6ClF4N5O. The van der Waals surface area contributed by atoms with Crippen molar-refractivity contribution in [1.29, 1.82) is 0 Å². The lowest BCUT2D eigenvalue weighted by Gasteiger charge is -2.10. The average molecular weight is 360 g/mol. The van der Waals surface area contributed by atoms with Crippen LogP contribution in [0.5, 0.6) is 0 Å². The van der Waals surface area contributed by atoms with Crippen molar-refractivity contribution in [3.63, 3.8) is 0 Å². The van der Waals surface area contributed by atoms with Gasteiger partial charge in [0.05, 0.1) is 17.6 Å². The highest BCUT2D eigenvalue weighted by Crippen LogP contribution is 2.31. The minimum absolute atomic E-state index is 0.0446. The Balaban J connectivity index is 2.22. The Bertz CT molecular complexity index is 965. The van der Waals surface area contributed by atoms with Crippen molar-refractivity contribution >= 4 is 11.6 Å². The molecule has 6 nitrogen and oxygen atoms in total. The van der Waals surface area contributed by atoms with Crippen molar-refractivity contribution in [2.75, 3.05) is 0 Å². The van der Waals surface area contributed by atoms with Gasteiger partial charge in [-0.05, 0) is 24.3 Å². The number of rotatable bonds is 2. The molecule has 124 valence electrons. The predicted molar refractivity (Wildman–Crippen MR) is 75.4 cm³/mol. The first kappa shape index (κ1) is 16.1. The van der Waals surface area contributed by atoms with Crippen LogP contribution in [-0.2, 0) is 6.18 Å². The number of alkyl halides is 3. The number of aromatic nitrogens is 5. The SMILES string of the molecule is O=c1nccc(-c2cc(Cl)ccc2-n2cc(C(F)(F)F)nn2)n1F. The van der Waals surface area contributed by atoms with E-state index in [4.69, 9.17) is 11.6 Å². The van der Waals surface area contributed by atoms with Crippen LogP contribution in [0.1, 0.15) is 5.69 Å². The summed E-state index contributed by atoms with van der Waals surface area (Å²) in [6.45, 7) is 0. The molecule has 0 saturated carbocycles. The van der Waals surface area contributed by atoms with E-state index in [0.717, 1.165) is 10.9 Å². The number of halogens is 5. The molecule has 2 heterocycles. The van der Waals surface area contributed by atoms with E-state index in [2.05, 4.69) is 15.3 Å². The molecule has 11 heteroatoms. The van der Waals surface area contributed by atoms with Crippen LogP contribution in [0.15, 0.2) is 41.5 Å². The lowest BCUT2D eigenvalue weighted by Crippen LogP contribution is -2.18. The number of nitrogens with zero attached hydrogens (tertiary/aromatic N) is 5. The van der Waals surface area contributed by atoms with Crippen LogP contribution in [0.4, 0.5) is 17.7 Å². The Morgan fingerprint density at radius 3 is 2.58 bits per heavy atom. The highest BCUT2D eigenvalue weighted by Gasteiger charge is 2.34. The van der Waals surface area contributed by atoms with Crippen LogP contribution >= 0.6 is 11.6 Å². The minimum Gasteiger partial charge on any atom is -0.243 e. The van der Waals surface area contributed by atoms with Gasteiger partial charge in [0.2, 0.25) is 0 Å². The second-order valence-electron chi connectivity index (χ2n) is 4.60. The van der Waals surface area contributed by atoms with E-state index in [0.29, 0.717) is 6.20 Å². The third-order valence-electron chi connectivity index (χ3n) is 3.06. The van der Waals surface area contributed by atoms with Gasteiger partial charge < -0.3 is 0 Å². The van der Waals surface area contributed by atoms with Crippen LogP contribution < -0.4 is 5.69 Å². The van der Waals surface area contributed by atoms with Gasteiger partial charge in [0.15, 0.2) is 5.69 Å². The molecule has 0 radical (unpaired) electrons. The monoisotopic (exact) mass is 359 g/mol. The van der Waals surface area contributed by atoms with Crippen molar-refractivity contribution in [2.45, 2.75) is 6.18 Å². The van der Waals surface area contributed by atoms with Gasteiger partial charge in [-0.25, -0.2) is 9.48 Å². The van der Waals surface area contributed by atoms with Crippen molar-refractivity contribution in [2.24, 2.45) is 0 Å². The molecule has 0 aliphatic carbocycles. The van der Waals surface area contributed by atoms with Crippen molar-refractivity contribution in [1.82, 2.24) is 24.8 Å². The molecule has 24 heavy (non-hydrogen) atoms. The summed E-state index contributed by atoms with van der Waals surface area (Å²) >= 11 is 5.87. The van der Waals surface area contributed by atoms with E-state index >= 15 is 0 Å². The summed E-state index contributed by atoms with van der Waals surface area (Å²) < 4.78 is 52.8. The summed E-state index contributed by atoms with van der Waals surface area (Å²) in [5.41, 5.74) is -2.53. The molecule has 0 aliphatic heterocycles. The lowest BCUT2D eigenvalue weighted by atomic mass is 10.1. The summed E-state index contributed by atoms with van der Waals surface area (Å²) in [5.74, 6) is 0. The zero-order chi connectivity index (χ0) is 17.5. The maximum Gasteiger partial charge on any atom is 0.436 e. The fraction of sp³-hybridized carbons (Fsp3) is 0.0769. The first-order chi connectivity index (χ1) is 11.3. The molecule has 3 rings (SSSR count). The second kappa shape index (κ2) is 5.71. The van der Waals surface area contributed by atoms with Gasteiger partial charge in [-0.15, -0.1) is 9.89 Å². The first-order valence-corrected chi connectivity index (χ1v) is 6.69. The Labute approximate surface area is 135 Å². The standard InChI is InChI=1S/C13H6ClF4N5O/c14-7-1-2-9(22-6-11(20-21-22)13(15,16)17)8(5-7)10-3-4-19-12(24)23(10)18/h1-6H. The summed E-state index contributed by atoms with van der Waals surface area (Å²) in [6.07, 6.45) is -2.96.